The topological polar surface area (TPSA) is 0 Å². The van der Waals surface area contributed by atoms with Crippen LogP contribution in [0.15, 0.2) is 58.3 Å². The van der Waals surface area contributed by atoms with Crippen LogP contribution in [0.25, 0.3) is 0 Å². The Morgan fingerprint density at radius 1 is 0.545 bits per heavy atom. The van der Waals surface area contributed by atoms with Crippen molar-refractivity contribution in [3.05, 3.63) is 59.7 Å². The molecule has 0 atom stereocenters. The summed E-state index contributed by atoms with van der Waals surface area (Å²) in [5.74, 6) is 0. The van der Waals surface area contributed by atoms with Gasteiger partial charge in [0, 0.05) is 9.79 Å². The molecule has 0 aliphatic carbocycles. The van der Waals surface area contributed by atoms with E-state index in [2.05, 4.69) is 88.7 Å². The molecule has 0 radical (unpaired) electrons. The minimum atomic E-state index is 0.0603. The zero-order valence-electron chi connectivity index (χ0n) is 14.4. The molecule has 0 saturated heterocycles. The van der Waals surface area contributed by atoms with Crippen LogP contribution in [0, 0.1) is 0 Å². The quantitative estimate of drug-likeness (QED) is 0.583. The van der Waals surface area contributed by atoms with Gasteiger partial charge in [0.05, 0.1) is 0 Å². The fraction of sp³-hybridized carbons (Fsp3) is 0.400. The Labute approximate surface area is 144 Å². The van der Waals surface area contributed by atoms with Crippen molar-refractivity contribution in [2.24, 2.45) is 0 Å². The molecule has 2 aromatic carbocycles. The fourth-order valence-electron chi connectivity index (χ4n) is 2.74. The molecule has 0 aromatic heterocycles. The third kappa shape index (κ3) is 3.23. The molecular weight excluding hydrogens is 304 g/mol. The van der Waals surface area contributed by atoms with Gasteiger partial charge in [-0.2, -0.15) is 0 Å². The highest BCUT2D eigenvalue weighted by atomic mass is 32.2. The van der Waals surface area contributed by atoms with Crippen molar-refractivity contribution in [1.82, 2.24) is 0 Å². The van der Waals surface area contributed by atoms with Crippen LogP contribution < -0.4 is 0 Å². The minimum absolute atomic E-state index is 0.0603. The van der Waals surface area contributed by atoms with E-state index >= 15 is 0 Å². The van der Waals surface area contributed by atoms with Crippen LogP contribution in [0.1, 0.15) is 38.8 Å². The molecule has 0 nitrogen and oxygen atoms in total. The summed E-state index contributed by atoms with van der Waals surface area (Å²) < 4.78 is 0. The van der Waals surface area contributed by atoms with Gasteiger partial charge in [0.2, 0.25) is 0 Å². The molecule has 22 heavy (non-hydrogen) atoms. The van der Waals surface area contributed by atoms with Crippen molar-refractivity contribution < 1.29 is 0 Å². The smallest absolute Gasteiger partial charge is 0.00693 e. The third-order valence-electron chi connectivity index (χ3n) is 5.19. The van der Waals surface area contributed by atoms with Crippen LogP contribution in [-0.4, -0.2) is 12.5 Å². The molecule has 0 saturated carbocycles. The largest absolute Gasteiger partial charge is 0.130 e. The first kappa shape index (κ1) is 17.5. The van der Waals surface area contributed by atoms with E-state index in [1.54, 1.807) is 23.5 Å². The van der Waals surface area contributed by atoms with Gasteiger partial charge in [0.25, 0.3) is 0 Å². The number of hydrogen-bond donors (Lipinski definition) is 0. The molecule has 0 bridgehead atoms. The van der Waals surface area contributed by atoms with E-state index in [4.69, 9.17) is 0 Å². The summed E-state index contributed by atoms with van der Waals surface area (Å²) in [6, 6.07) is 18.0. The molecule has 2 heteroatoms. The number of hydrogen-bond acceptors (Lipinski definition) is 2. The summed E-state index contributed by atoms with van der Waals surface area (Å²) in [5.41, 5.74) is 2.91. The van der Waals surface area contributed by atoms with Gasteiger partial charge in [-0.3, -0.25) is 0 Å². The Hall–Kier alpha value is -0.860. The Kier molecular flexibility index (Phi) is 5.34. The van der Waals surface area contributed by atoms with Gasteiger partial charge >= 0.3 is 0 Å². The van der Waals surface area contributed by atoms with E-state index in [1.165, 1.54) is 20.9 Å². The summed E-state index contributed by atoms with van der Waals surface area (Å²) >= 11 is 3.59. The van der Waals surface area contributed by atoms with Crippen LogP contribution in [0.3, 0.4) is 0 Å². The summed E-state index contributed by atoms with van der Waals surface area (Å²) in [6.07, 6.45) is 4.24. The van der Waals surface area contributed by atoms with Crippen LogP contribution in [0.2, 0.25) is 0 Å². The zero-order chi connectivity index (χ0) is 16.4. The SMILES string of the molecule is CSc1ccc(C(C)(C)C(C)(C)c2ccc(SC)cc2)cc1. The first-order valence-electron chi connectivity index (χ1n) is 7.62. The summed E-state index contributed by atoms with van der Waals surface area (Å²) in [4.78, 5) is 2.64. The predicted molar refractivity (Wildman–Crippen MR) is 102 cm³/mol. The molecule has 2 rings (SSSR count). The first-order chi connectivity index (χ1) is 10.3. The number of rotatable bonds is 5. The van der Waals surface area contributed by atoms with Crippen molar-refractivity contribution in [2.45, 2.75) is 48.3 Å². The lowest BCUT2D eigenvalue weighted by molar-refractivity contribution is 0.302. The maximum absolute atomic E-state index is 2.35. The Balaban J connectivity index is 2.39. The van der Waals surface area contributed by atoms with Gasteiger partial charge in [0.1, 0.15) is 0 Å². The highest BCUT2D eigenvalue weighted by molar-refractivity contribution is 7.98. The molecular formula is C20H26S2. The van der Waals surface area contributed by atoms with E-state index in [9.17, 15) is 0 Å². The molecule has 0 fully saturated rings. The molecule has 118 valence electrons. The van der Waals surface area contributed by atoms with Gasteiger partial charge in [-0.1, -0.05) is 52.0 Å². The molecule has 0 spiro atoms. The standard InChI is InChI=1S/C20H26S2/c1-19(2,15-7-11-17(21-5)12-8-15)20(3,4)16-9-13-18(22-6)14-10-16/h7-14H,1-6H3. The van der Waals surface area contributed by atoms with Crippen LogP contribution >= 0.6 is 23.5 Å². The third-order valence-corrected chi connectivity index (χ3v) is 6.67. The minimum Gasteiger partial charge on any atom is -0.130 e. The van der Waals surface area contributed by atoms with Gasteiger partial charge in [-0.05, 0) is 58.7 Å². The van der Waals surface area contributed by atoms with E-state index in [1.807, 2.05) is 0 Å². The second kappa shape index (κ2) is 6.72. The summed E-state index contributed by atoms with van der Waals surface area (Å²) in [7, 11) is 0. The van der Waals surface area contributed by atoms with Crippen molar-refractivity contribution in [3.63, 3.8) is 0 Å². The van der Waals surface area contributed by atoms with Crippen molar-refractivity contribution in [1.29, 1.82) is 0 Å². The fourth-order valence-corrected chi connectivity index (χ4v) is 3.55. The summed E-state index contributed by atoms with van der Waals surface area (Å²) in [6.45, 7) is 9.40. The van der Waals surface area contributed by atoms with Crippen molar-refractivity contribution in [3.8, 4) is 0 Å². The molecule has 2 aromatic rings. The lowest BCUT2D eigenvalue weighted by atomic mass is 9.61. The van der Waals surface area contributed by atoms with Crippen LogP contribution in [0.5, 0.6) is 0 Å². The van der Waals surface area contributed by atoms with Crippen LogP contribution in [0.4, 0.5) is 0 Å². The molecule has 0 heterocycles. The molecule has 0 aliphatic heterocycles. The lowest BCUT2D eigenvalue weighted by Gasteiger charge is -2.43. The monoisotopic (exact) mass is 330 g/mol. The number of benzene rings is 2. The maximum Gasteiger partial charge on any atom is 0.00693 e. The Morgan fingerprint density at radius 3 is 1.05 bits per heavy atom. The van der Waals surface area contributed by atoms with Gasteiger partial charge in [-0.15, -0.1) is 23.5 Å². The van der Waals surface area contributed by atoms with E-state index in [0.29, 0.717) is 0 Å². The second-order valence-electron chi connectivity index (χ2n) is 6.71. The Bertz CT molecular complexity index is 550. The highest BCUT2D eigenvalue weighted by Gasteiger charge is 2.39. The molecule has 0 N–H and O–H groups in total. The molecule has 0 aliphatic rings. The van der Waals surface area contributed by atoms with Crippen molar-refractivity contribution >= 4 is 23.5 Å². The lowest BCUT2D eigenvalue weighted by Crippen LogP contribution is -2.40. The van der Waals surface area contributed by atoms with Gasteiger partial charge in [0.15, 0.2) is 0 Å². The van der Waals surface area contributed by atoms with E-state index < -0.39 is 0 Å². The first-order valence-corrected chi connectivity index (χ1v) is 10.1. The predicted octanol–water partition coefficient (Wildman–Crippen LogP) is 6.39. The molecule has 0 unspecified atom stereocenters. The van der Waals surface area contributed by atoms with Crippen molar-refractivity contribution in [2.75, 3.05) is 12.5 Å². The zero-order valence-corrected chi connectivity index (χ0v) is 16.1. The van der Waals surface area contributed by atoms with Gasteiger partial charge < -0.3 is 0 Å². The van der Waals surface area contributed by atoms with E-state index in [0.717, 1.165) is 0 Å². The molecule has 0 amide bonds. The Morgan fingerprint density at radius 2 is 0.818 bits per heavy atom. The van der Waals surface area contributed by atoms with E-state index in [-0.39, 0.29) is 10.8 Å². The van der Waals surface area contributed by atoms with Crippen LogP contribution in [-0.2, 0) is 10.8 Å². The average Bonchev–Trinajstić information content (AvgIpc) is 2.54. The average molecular weight is 331 g/mol. The normalized spacial score (nSPS) is 12.5. The highest BCUT2D eigenvalue weighted by Crippen LogP contribution is 2.44. The maximum atomic E-state index is 2.35. The van der Waals surface area contributed by atoms with Gasteiger partial charge in [-0.25, -0.2) is 0 Å². The summed E-state index contributed by atoms with van der Waals surface area (Å²) in [5, 5.41) is 0. The second-order valence-corrected chi connectivity index (χ2v) is 8.47. The number of thioether (sulfide) groups is 2.